The maximum Gasteiger partial charge on any atom is 0.397 e. The molecule has 0 aromatic rings. The van der Waals surface area contributed by atoms with Gasteiger partial charge in [-0.05, 0) is 109 Å². The Kier molecular flexibility index (Phi) is 10.1. The number of rotatable bonds is 10. The molecule has 0 amide bonds. The molecule has 0 aromatic carbocycles. The normalized spacial score (nSPS) is 41.3. The van der Waals surface area contributed by atoms with Crippen molar-refractivity contribution in [2.45, 2.75) is 125 Å². The Morgan fingerprint density at radius 3 is 1.77 bits per heavy atom. The minimum atomic E-state index is -5.06. The summed E-state index contributed by atoms with van der Waals surface area (Å²) in [5, 5.41) is 0. The predicted octanol–water partition coefficient (Wildman–Crippen LogP) is 5.53. The van der Waals surface area contributed by atoms with Gasteiger partial charge in [-0.15, -0.1) is 0 Å². The minimum Gasteiger partial charge on any atom is -0.264 e. The highest BCUT2D eigenvalue weighted by Crippen LogP contribution is 2.69. The van der Waals surface area contributed by atoms with Gasteiger partial charge in [-0.2, -0.15) is 25.3 Å². The van der Waals surface area contributed by atoms with E-state index in [0.29, 0.717) is 24.2 Å². The van der Waals surface area contributed by atoms with Crippen molar-refractivity contribution in [3.8, 4) is 0 Å². The molecule has 0 radical (unpaired) electrons. The molecule has 0 bridgehead atoms. The van der Waals surface area contributed by atoms with Crippen molar-refractivity contribution in [3.63, 3.8) is 0 Å². The molecule has 258 valence electrons. The second-order valence-electron chi connectivity index (χ2n) is 15.9. The van der Waals surface area contributed by atoms with Crippen LogP contribution in [0.2, 0.25) is 0 Å². The monoisotopic (exact) mass is 688 g/mol. The van der Waals surface area contributed by atoms with E-state index in [1.807, 2.05) is 6.92 Å². The van der Waals surface area contributed by atoms with Crippen LogP contribution in [0, 0.1) is 57.7 Å². The number of fused-ring (bicyclic) bond motifs is 5. The number of hydrogen-bond donors (Lipinski definition) is 3. The molecule has 44 heavy (non-hydrogen) atoms. The molecule has 0 spiro atoms. The van der Waals surface area contributed by atoms with Gasteiger partial charge in [-0.3, -0.25) is 13.7 Å². The maximum atomic E-state index is 12.1. The first-order valence-electron chi connectivity index (χ1n) is 15.8. The van der Waals surface area contributed by atoms with E-state index in [1.165, 1.54) is 0 Å². The van der Waals surface area contributed by atoms with Crippen LogP contribution in [0.1, 0.15) is 106 Å². The lowest BCUT2D eigenvalue weighted by Crippen LogP contribution is -2.62. The molecule has 4 saturated carbocycles. The third-order valence-electron chi connectivity index (χ3n) is 12.7. The van der Waals surface area contributed by atoms with E-state index < -0.39 is 60.8 Å². The fourth-order valence-electron chi connectivity index (χ4n) is 10.2. The highest BCUT2D eigenvalue weighted by molar-refractivity contribution is 7.81. The zero-order valence-corrected chi connectivity index (χ0v) is 29.3. The average Bonchev–Trinajstić information content (AvgIpc) is 3.17. The topological polar surface area (TPSA) is 191 Å². The molecule has 4 rings (SSSR count). The van der Waals surface area contributed by atoms with Crippen molar-refractivity contribution in [1.82, 2.24) is 0 Å². The maximum absolute atomic E-state index is 12.1. The van der Waals surface area contributed by atoms with Crippen molar-refractivity contribution < 1.29 is 51.5 Å². The van der Waals surface area contributed by atoms with E-state index in [9.17, 15) is 38.9 Å². The van der Waals surface area contributed by atoms with Crippen molar-refractivity contribution in [3.05, 3.63) is 0 Å². The summed E-state index contributed by atoms with van der Waals surface area (Å²) in [6, 6.07) is 0. The molecule has 0 aliphatic heterocycles. The van der Waals surface area contributed by atoms with Crippen molar-refractivity contribution in [2.24, 2.45) is 57.7 Å². The van der Waals surface area contributed by atoms with Crippen LogP contribution in [0.4, 0.5) is 0 Å². The van der Waals surface area contributed by atoms with E-state index in [4.69, 9.17) is 12.5 Å². The fraction of sp³-hybridized carbons (Fsp3) is 1.00. The molecule has 4 aliphatic carbocycles. The summed E-state index contributed by atoms with van der Waals surface area (Å²) in [6.07, 6.45) is 1.92. The molecular weight excluding hydrogens is 637 g/mol. The lowest BCUT2D eigenvalue weighted by Gasteiger charge is -2.63. The Bertz CT molecular complexity index is 1370. The Hall–Kier alpha value is -0.390. The van der Waals surface area contributed by atoms with Gasteiger partial charge in [0, 0.05) is 0 Å². The first-order valence-corrected chi connectivity index (χ1v) is 19.9. The highest BCUT2D eigenvalue weighted by Gasteiger charge is 2.65. The largest absolute Gasteiger partial charge is 0.397 e. The van der Waals surface area contributed by atoms with Crippen molar-refractivity contribution in [2.75, 3.05) is 0 Å². The molecule has 0 aromatic heterocycles. The minimum absolute atomic E-state index is 0.00197. The summed E-state index contributed by atoms with van der Waals surface area (Å²) in [5.41, 5.74) is -0.578. The Labute approximate surface area is 264 Å². The lowest BCUT2D eigenvalue weighted by atomic mass is 9.43. The molecule has 6 unspecified atom stereocenters. The van der Waals surface area contributed by atoms with Crippen LogP contribution in [-0.2, 0) is 43.7 Å². The van der Waals surface area contributed by atoms with Gasteiger partial charge in [0.25, 0.3) is 0 Å². The van der Waals surface area contributed by atoms with Crippen LogP contribution in [-0.4, -0.2) is 57.2 Å². The summed E-state index contributed by atoms with van der Waals surface area (Å²) in [6.45, 7) is 15.7. The van der Waals surface area contributed by atoms with Gasteiger partial charge in [0.05, 0.1) is 6.10 Å². The first-order chi connectivity index (χ1) is 19.8. The molecule has 4 fully saturated rings. The predicted molar refractivity (Wildman–Crippen MR) is 162 cm³/mol. The van der Waals surface area contributed by atoms with Gasteiger partial charge < -0.3 is 0 Å². The first kappa shape index (κ1) is 36.4. The average molecular weight is 689 g/mol. The second kappa shape index (κ2) is 12.2. The molecule has 4 aliphatic rings. The van der Waals surface area contributed by atoms with Crippen LogP contribution in [0.25, 0.3) is 0 Å². The van der Waals surface area contributed by atoms with Gasteiger partial charge in [-0.25, -0.2) is 12.5 Å². The van der Waals surface area contributed by atoms with E-state index in [-0.39, 0.29) is 41.4 Å². The van der Waals surface area contributed by atoms with Gasteiger partial charge in [0.1, 0.15) is 12.2 Å². The highest BCUT2D eigenvalue weighted by atomic mass is 32.3. The van der Waals surface area contributed by atoms with E-state index in [2.05, 4.69) is 41.5 Å². The molecule has 0 heterocycles. The summed E-state index contributed by atoms with van der Waals surface area (Å²) < 4.78 is 115. The van der Waals surface area contributed by atoms with Gasteiger partial charge >= 0.3 is 31.2 Å². The van der Waals surface area contributed by atoms with Crippen molar-refractivity contribution >= 4 is 31.2 Å². The smallest absolute Gasteiger partial charge is 0.264 e. The Morgan fingerprint density at radius 2 is 1.23 bits per heavy atom. The quantitative estimate of drug-likeness (QED) is 0.244. The number of hydrogen-bond acceptors (Lipinski definition) is 9. The zero-order valence-electron chi connectivity index (χ0n) is 26.9. The molecular formula is C29H52O12S3. The van der Waals surface area contributed by atoms with Crippen LogP contribution in [0.5, 0.6) is 0 Å². The van der Waals surface area contributed by atoms with Gasteiger partial charge in [-0.1, -0.05) is 54.9 Å². The molecule has 12 nitrogen and oxygen atoms in total. The van der Waals surface area contributed by atoms with E-state index in [1.54, 1.807) is 0 Å². The molecule has 0 saturated heterocycles. The van der Waals surface area contributed by atoms with Crippen LogP contribution in [0.15, 0.2) is 0 Å². The standard InChI is InChI=1S/C29H52O12S3/c1-17(8-9-18(2)27(3,4)5)20-10-11-21-19-14-24(39-42(30,31)32)23-15-25(40-43(33,34)35)26(41-44(36,37)38)16-29(23,7)22(19)12-13-28(20,21)6/h17-26H,8-16H2,1-7H3,(H,30,31,32)(H,33,34,35)(H,36,37,38)/t17?,18-,19?,20?,21?,22?,23?,24-,25-,26-,28+,29+/m0/s1. The molecule has 12 atom stereocenters. The van der Waals surface area contributed by atoms with Crippen LogP contribution >= 0.6 is 0 Å². The summed E-state index contributed by atoms with van der Waals surface area (Å²) >= 11 is 0. The molecule has 3 N–H and O–H groups in total. The molecule has 15 heteroatoms. The van der Waals surface area contributed by atoms with Crippen LogP contribution < -0.4 is 0 Å². The third-order valence-corrected chi connectivity index (χ3v) is 14.1. The van der Waals surface area contributed by atoms with Gasteiger partial charge in [0.2, 0.25) is 0 Å². The van der Waals surface area contributed by atoms with Crippen molar-refractivity contribution in [1.29, 1.82) is 0 Å². The summed E-state index contributed by atoms with van der Waals surface area (Å²) in [7, 11) is -15.0. The van der Waals surface area contributed by atoms with Gasteiger partial charge in [0.15, 0.2) is 0 Å². The Morgan fingerprint density at radius 1 is 0.705 bits per heavy atom. The fourth-order valence-corrected chi connectivity index (χ4v) is 11.7. The summed E-state index contributed by atoms with van der Waals surface area (Å²) in [5.74, 6) is 1.12. The van der Waals surface area contributed by atoms with E-state index >= 15 is 0 Å². The Balaban J connectivity index is 1.66. The summed E-state index contributed by atoms with van der Waals surface area (Å²) in [4.78, 5) is 0. The second-order valence-corrected chi connectivity index (χ2v) is 19.0. The van der Waals surface area contributed by atoms with Crippen LogP contribution in [0.3, 0.4) is 0 Å². The SMILES string of the molecule is CC(CC[C@H](C)C(C)(C)C)C1CCC2C3C[C@H](OS(=O)(=O)O)C4C[C@H](OS(=O)(=O)O)[C@@H](OS(=O)(=O)O)C[C@]4(C)C3CC[C@]12C. The zero-order chi connectivity index (χ0) is 33.3. The van der Waals surface area contributed by atoms with E-state index in [0.717, 1.165) is 38.5 Å². The lowest BCUT2D eigenvalue weighted by molar-refractivity contribution is -0.184. The third kappa shape index (κ3) is 7.83.